The molecule has 5 heteroatoms. The summed E-state index contributed by atoms with van der Waals surface area (Å²) >= 11 is 0. The zero-order valence-corrected chi connectivity index (χ0v) is 16.1. The van der Waals surface area contributed by atoms with Gasteiger partial charge in [-0.05, 0) is 56.2 Å². The number of aliphatic hydroxyl groups excluding tert-OH is 1. The maximum Gasteiger partial charge on any atom is 0.310 e. The van der Waals surface area contributed by atoms with Crippen LogP contribution in [0.5, 0.6) is 0 Å². The number of rotatable bonds is 7. The topological polar surface area (TPSA) is 94.8 Å². The van der Waals surface area contributed by atoms with Crippen LogP contribution in [0.1, 0.15) is 55.9 Å². The number of carboxylic acids is 1. The van der Waals surface area contributed by atoms with Gasteiger partial charge in [0, 0.05) is 12.3 Å². The highest BCUT2D eigenvalue weighted by Crippen LogP contribution is 2.49. The molecule has 3 unspecified atom stereocenters. The molecule has 0 radical (unpaired) electrons. The zero-order chi connectivity index (χ0) is 19.7. The molecule has 1 aromatic rings. The van der Waals surface area contributed by atoms with E-state index in [9.17, 15) is 24.9 Å². The first-order valence-electron chi connectivity index (χ1n) is 9.30. The fourth-order valence-electron chi connectivity index (χ4n) is 4.43. The molecule has 3 atom stereocenters. The van der Waals surface area contributed by atoms with Gasteiger partial charge in [0.1, 0.15) is 5.78 Å². The van der Waals surface area contributed by atoms with Crippen LogP contribution in [0.2, 0.25) is 0 Å². The molecule has 2 rings (SSSR count). The summed E-state index contributed by atoms with van der Waals surface area (Å²) in [6.07, 6.45) is 1.65. The number of aryl methyl sites for hydroxylation is 3. The average molecular weight is 362 g/mol. The van der Waals surface area contributed by atoms with Crippen molar-refractivity contribution in [3.63, 3.8) is 0 Å². The fourth-order valence-corrected chi connectivity index (χ4v) is 4.43. The third-order valence-corrected chi connectivity index (χ3v) is 5.91. The van der Waals surface area contributed by atoms with E-state index in [-0.39, 0.29) is 25.0 Å². The Hall–Kier alpha value is -1.72. The third-order valence-electron chi connectivity index (χ3n) is 5.91. The number of aliphatic hydroxyl groups is 2. The largest absolute Gasteiger partial charge is 0.481 e. The van der Waals surface area contributed by atoms with Gasteiger partial charge < -0.3 is 15.3 Å². The molecule has 3 N–H and O–H groups in total. The first-order chi connectivity index (χ1) is 12.1. The van der Waals surface area contributed by atoms with Gasteiger partial charge in [-0.25, -0.2) is 0 Å². The summed E-state index contributed by atoms with van der Waals surface area (Å²) < 4.78 is 0. The highest BCUT2D eigenvalue weighted by molar-refractivity contribution is 5.91. The SMILES string of the molecule is CCc1cc(C)cc(CC)c1CC(=O)C1CC(O)(CO)CC1(C)C(=O)O. The molecule has 0 amide bonds. The fraction of sp³-hybridized carbons (Fsp3) is 0.619. The lowest BCUT2D eigenvalue weighted by molar-refractivity contribution is -0.153. The highest BCUT2D eigenvalue weighted by Gasteiger charge is 2.57. The van der Waals surface area contributed by atoms with Crippen LogP contribution in [-0.4, -0.2) is 39.3 Å². The van der Waals surface area contributed by atoms with E-state index in [2.05, 4.69) is 12.1 Å². The van der Waals surface area contributed by atoms with E-state index in [4.69, 9.17) is 0 Å². The lowest BCUT2D eigenvalue weighted by Gasteiger charge is -2.26. The molecule has 1 aliphatic carbocycles. The number of hydrogen-bond acceptors (Lipinski definition) is 4. The summed E-state index contributed by atoms with van der Waals surface area (Å²) in [7, 11) is 0. The van der Waals surface area contributed by atoms with Gasteiger partial charge >= 0.3 is 5.97 Å². The lowest BCUT2D eigenvalue weighted by Crippen LogP contribution is -2.37. The molecule has 0 heterocycles. The number of aliphatic carboxylic acids is 1. The molecule has 1 aromatic carbocycles. The molecular formula is C21H30O5. The van der Waals surface area contributed by atoms with E-state index in [1.165, 1.54) is 6.92 Å². The molecule has 1 saturated carbocycles. The minimum atomic E-state index is -1.51. The quantitative estimate of drug-likeness (QED) is 0.693. The normalized spacial score (nSPS) is 28.3. The molecule has 5 nitrogen and oxygen atoms in total. The predicted molar refractivity (Wildman–Crippen MR) is 99.1 cm³/mol. The molecule has 0 bridgehead atoms. The molecule has 0 aromatic heterocycles. The first-order valence-corrected chi connectivity index (χ1v) is 9.30. The number of carboxylic acid groups (broad SMARTS) is 1. The van der Waals surface area contributed by atoms with Crippen LogP contribution in [0.15, 0.2) is 12.1 Å². The Kier molecular flexibility index (Phi) is 5.93. The van der Waals surface area contributed by atoms with Gasteiger partial charge in [-0.2, -0.15) is 0 Å². The van der Waals surface area contributed by atoms with E-state index in [0.717, 1.165) is 35.1 Å². The second kappa shape index (κ2) is 7.49. The third kappa shape index (κ3) is 3.69. The van der Waals surface area contributed by atoms with E-state index >= 15 is 0 Å². The summed E-state index contributed by atoms with van der Waals surface area (Å²) in [6, 6.07) is 4.16. The van der Waals surface area contributed by atoms with Crippen LogP contribution in [-0.2, 0) is 28.9 Å². The molecular weight excluding hydrogens is 332 g/mol. The van der Waals surface area contributed by atoms with Gasteiger partial charge in [-0.3, -0.25) is 9.59 Å². The smallest absolute Gasteiger partial charge is 0.310 e. The minimum Gasteiger partial charge on any atom is -0.481 e. The summed E-state index contributed by atoms with van der Waals surface area (Å²) in [5.41, 5.74) is 1.49. The van der Waals surface area contributed by atoms with Crippen LogP contribution in [0.25, 0.3) is 0 Å². The second-order valence-electron chi connectivity index (χ2n) is 7.95. The number of Topliss-reactive ketones (excluding diaryl/α,β-unsaturated/α-hetero) is 1. The molecule has 144 valence electrons. The van der Waals surface area contributed by atoms with Gasteiger partial charge in [0.25, 0.3) is 0 Å². The number of carbonyl (C=O) groups excluding carboxylic acids is 1. The molecule has 0 aliphatic heterocycles. The molecule has 0 spiro atoms. The Balaban J connectivity index is 2.39. The average Bonchev–Trinajstić information content (AvgIpc) is 2.89. The van der Waals surface area contributed by atoms with Crippen molar-refractivity contribution in [2.24, 2.45) is 11.3 Å². The van der Waals surface area contributed by atoms with Gasteiger partial charge in [-0.1, -0.05) is 31.5 Å². The van der Waals surface area contributed by atoms with Crippen LogP contribution in [0.4, 0.5) is 0 Å². The number of ketones is 1. The number of carbonyl (C=O) groups is 2. The van der Waals surface area contributed by atoms with Crippen molar-refractivity contribution in [1.82, 2.24) is 0 Å². The van der Waals surface area contributed by atoms with Crippen molar-refractivity contribution in [3.8, 4) is 0 Å². The van der Waals surface area contributed by atoms with E-state index in [1.807, 2.05) is 20.8 Å². The maximum atomic E-state index is 13.1. The zero-order valence-electron chi connectivity index (χ0n) is 16.1. The van der Waals surface area contributed by atoms with Gasteiger partial charge in [-0.15, -0.1) is 0 Å². The standard InChI is InChI=1S/C21H30O5/c1-5-14-7-13(3)8-15(6-2)16(14)9-18(23)17-10-21(26,12-22)11-20(17,4)19(24)25/h7-8,17,22,26H,5-6,9-12H2,1-4H3,(H,24,25). The van der Waals surface area contributed by atoms with E-state index < -0.39 is 29.5 Å². The van der Waals surface area contributed by atoms with Crippen LogP contribution in [0, 0.1) is 18.3 Å². The van der Waals surface area contributed by atoms with Crippen LogP contribution < -0.4 is 0 Å². The van der Waals surface area contributed by atoms with Gasteiger partial charge in [0.05, 0.1) is 17.6 Å². The summed E-state index contributed by atoms with van der Waals surface area (Å²) in [5.74, 6) is -2.09. The molecule has 1 aliphatic rings. The highest BCUT2D eigenvalue weighted by atomic mass is 16.4. The van der Waals surface area contributed by atoms with Crippen LogP contribution >= 0.6 is 0 Å². The minimum absolute atomic E-state index is 0.0140. The first kappa shape index (κ1) is 20.6. The number of benzene rings is 1. The van der Waals surface area contributed by atoms with Gasteiger partial charge in [0.15, 0.2) is 0 Å². The Morgan fingerprint density at radius 3 is 2.15 bits per heavy atom. The van der Waals surface area contributed by atoms with Crippen molar-refractivity contribution in [3.05, 3.63) is 34.4 Å². The predicted octanol–water partition coefficient (Wildman–Crippen LogP) is 2.46. The van der Waals surface area contributed by atoms with Crippen molar-refractivity contribution in [2.75, 3.05) is 6.61 Å². The van der Waals surface area contributed by atoms with E-state index in [0.29, 0.717) is 0 Å². The summed E-state index contributed by atoms with van der Waals surface area (Å²) in [5, 5.41) is 29.6. The second-order valence-corrected chi connectivity index (χ2v) is 7.95. The van der Waals surface area contributed by atoms with Crippen molar-refractivity contribution in [2.45, 2.75) is 65.4 Å². The van der Waals surface area contributed by atoms with Gasteiger partial charge in [0.2, 0.25) is 0 Å². The Morgan fingerprint density at radius 2 is 1.73 bits per heavy atom. The maximum absolute atomic E-state index is 13.1. The Bertz CT molecular complexity index is 685. The van der Waals surface area contributed by atoms with E-state index in [1.54, 1.807) is 0 Å². The molecule has 1 fully saturated rings. The summed E-state index contributed by atoms with van der Waals surface area (Å²) in [4.78, 5) is 24.9. The summed E-state index contributed by atoms with van der Waals surface area (Å²) in [6.45, 7) is 7.09. The Labute approximate surface area is 155 Å². The monoisotopic (exact) mass is 362 g/mol. The van der Waals surface area contributed by atoms with Crippen molar-refractivity contribution < 1.29 is 24.9 Å². The Morgan fingerprint density at radius 1 is 1.19 bits per heavy atom. The van der Waals surface area contributed by atoms with Crippen molar-refractivity contribution in [1.29, 1.82) is 0 Å². The lowest BCUT2D eigenvalue weighted by atomic mass is 9.75. The van der Waals surface area contributed by atoms with Crippen molar-refractivity contribution >= 4 is 11.8 Å². The molecule has 26 heavy (non-hydrogen) atoms. The number of hydrogen-bond donors (Lipinski definition) is 3. The molecule has 0 saturated heterocycles. The van der Waals surface area contributed by atoms with Crippen LogP contribution in [0.3, 0.4) is 0 Å².